The van der Waals surface area contributed by atoms with Crippen molar-refractivity contribution in [1.29, 1.82) is 0 Å². The first-order valence-corrected chi connectivity index (χ1v) is 10.1. The molecule has 1 aliphatic rings. The Morgan fingerprint density at radius 2 is 2.03 bits per heavy atom. The van der Waals surface area contributed by atoms with E-state index in [0.717, 1.165) is 0 Å². The van der Waals surface area contributed by atoms with Crippen molar-refractivity contribution in [3.05, 3.63) is 70.9 Å². The summed E-state index contributed by atoms with van der Waals surface area (Å²) in [6.07, 6.45) is 3.90. The van der Waals surface area contributed by atoms with Crippen LogP contribution in [0.1, 0.15) is 29.3 Å². The standard InChI is InChI=1S/C21H21N7O4/c1-2-32-21(31)27-9-10-28-18(29)11-16(14-6-8-22-13-24-14)25-19(28)17(12-27)26-20(30)15-5-3-4-7-23-15/h3-8,11,13,17H,2,9-10,12H2,1H3,(H,26,30). The number of hydrogen-bond acceptors (Lipinski definition) is 8. The van der Waals surface area contributed by atoms with E-state index in [2.05, 4.69) is 25.3 Å². The average molecular weight is 435 g/mol. The van der Waals surface area contributed by atoms with E-state index in [-0.39, 0.29) is 37.5 Å². The zero-order valence-corrected chi connectivity index (χ0v) is 17.3. The van der Waals surface area contributed by atoms with Gasteiger partial charge in [0.05, 0.1) is 24.5 Å². The van der Waals surface area contributed by atoms with Gasteiger partial charge in [0.2, 0.25) is 0 Å². The van der Waals surface area contributed by atoms with Crippen molar-refractivity contribution < 1.29 is 14.3 Å². The molecule has 1 aliphatic heterocycles. The van der Waals surface area contributed by atoms with Gasteiger partial charge in [-0.2, -0.15) is 0 Å². The summed E-state index contributed by atoms with van der Waals surface area (Å²) in [4.78, 5) is 56.4. The van der Waals surface area contributed by atoms with Crippen LogP contribution in [0.4, 0.5) is 4.79 Å². The lowest BCUT2D eigenvalue weighted by Crippen LogP contribution is -2.41. The van der Waals surface area contributed by atoms with E-state index < -0.39 is 18.0 Å². The van der Waals surface area contributed by atoms with E-state index >= 15 is 0 Å². The number of nitrogens with one attached hydrogen (secondary N) is 1. The molecule has 0 aliphatic carbocycles. The molecule has 0 radical (unpaired) electrons. The molecule has 11 nitrogen and oxygen atoms in total. The predicted molar refractivity (Wildman–Crippen MR) is 113 cm³/mol. The number of aromatic nitrogens is 5. The van der Waals surface area contributed by atoms with Crippen molar-refractivity contribution >= 4 is 12.0 Å². The molecular formula is C21H21N7O4. The fourth-order valence-electron chi connectivity index (χ4n) is 3.42. The van der Waals surface area contributed by atoms with Crippen molar-refractivity contribution in [3.63, 3.8) is 0 Å². The molecule has 4 rings (SSSR count). The molecule has 3 aromatic heterocycles. The fourth-order valence-corrected chi connectivity index (χ4v) is 3.42. The third-order valence-corrected chi connectivity index (χ3v) is 4.92. The SMILES string of the molecule is CCOC(=O)N1CCn2c(nc(-c3ccncn3)cc2=O)C(NC(=O)c2ccccn2)C1. The van der Waals surface area contributed by atoms with Gasteiger partial charge in [0, 0.05) is 31.5 Å². The Kier molecular flexibility index (Phi) is 6.15. The van der Waals surface area contributed by atoms with Gasteiger partial charge in [-0.25, -0.2) is 19.7 Å². The summed E-state index contributed by atoms with van der Waals surface area (Å²) in [5.74, 6) is -0.128. The first-order valence-electron chi connectivity index (χ1n) is 10.1. The van der Waals surface area contributed by atoms with E-state index in [0.29, 0.717) is 17.2 Å². The molecule has 1 unspecified atom stereocenters. The van der Waals surface area contributed by atoms with Crippen molar-refractivity contribution in [1.82, 2.24) is 34.7 Å². The van der Waals surface area contributed by atoms with Gasteiger partial charge in [-0.15, -0.1) is 0 Å². The molecule has 11 heteroatoms. The highest BCUT2D eigenvalue weighted by Crippen LogP contribution is 2.20. The summed E-state index contributed by atoms with van der Waals surface area (Å²) in [6, 6.07) is 7.23. The predicted octanol–water partition coefficient (Wildman–Crippen LogP) is 1.04. The van der Waals surface area contributed by atoms with Gasteiger partial charge in [-0.1, -0.05) is 6.07 Å². The number of carbonyl (C=O) groups excluding carboxylic acids is 2. The van der Waals surface area contributed by atoms with Crippen LogP contribution in [0.2, 0.25) is 0 Å². The molecule has 0 bridgehead atoms. The third-order valence-electron chi connectivity index (χ3n) is 4.92. The average Bonchev–Trinajstić information content (AvgIpc) is 3.00. The van der Waals surface area contributed by atoms with Gasteiger partial charge in [0.1, 0.15) is 23.9 Å². The zero-order chi connectivity index (χ0) is 22.5. The maximum atomic E-state index is 12.9. The minimum Gasteiger partial charge on any atom is -0.450 e. The van der Waals surface area contributed by atoms with Crippen molar-refractivity contribution in [3.8, 4) is 11.4 Å². The van der Waals surface area contributed by atoms with Crippen LogP contribution in [0.3, 0.4) is 0 Å². The lowest BCUT2D eigenvalue weighted by Gasteiger charge is -2.24. The Morgan fingerprint density at radius 1 is 1.16 bits per heavy atom. The summed E-state index contributed by atoms with van der Waals surface area (Å²) in [7, 11) is 0. The van der Waals surface area contributed by atoms with Crippen LogP contribution in [0.15, 0.2) is 53.8 Å². The highest BCUT2D eigenvalue weighted by molar-refractivity contribution is 5.92. The molecular weight excluding hydrogens is 414 g/mol. The molecule has 0 aromatic carbocycles. The smallest absolute Gasteiger partial charge is 0.409 e. The summed E-state index contributed by atoms with van der Waals surface area (Å²) in [5.41, 5.74) is 0.721. The van der Waals surface area contributed by atoms with Gasteiger partial charge in [0.15, 0.2) is 0 Å². The van der Waals surface area contributed by atoms with Gasteiger partial charge < -0.3 is 15.0 Å². The molecule has 0 saturated carbocycles. The Hall–Kier alpha value is -4.15. The highest BCUT2D eigenvalue weighted by Gasteiger charge is 2.30. The Bertz CT molecular complexity index is 1170. The van der Waals surface area contributed by atoms with Crippen LogP contribution in [0.5, 0.6) is 0 Å². The van der Waals surface area contributed by atoms with E-state index in [1.54, 1.807) is 37.4 Å². The van der Waals surface area contributed by atoms with Crippen LogP contribution < -0.4 is 10.9 Å². The molecule has 1 N–H and O–H groups in total. The number of rotatable bonds is 4. The van der Waals surface area contributed by atoms with Crippen LogP contribution >= 0.6 is 0 Å². The van der Waals surface area contributed by atoms with E-state index in [1.165, 1.54) is 28.1 Å². The van der Waals surface area contributed by atoms with Gasteiger partial charge in [-0.3, -0.25) is 19.1 Å². The summed E-state index contributed by atoms with van der Waals surface area (Å²) < 4.78 is 6.59. The number of ether oxygens (including phenoxy) is 1. The second-order valence-corrected chi connectivity index (χ2v) is 6.97. The topological polar surface area (TPSA) is 132 Å². The molecule has 0 saturated heterocycles. The second-order valence-electron chi connectivity index (χ2n) is 6.97. The number of pyridine rings is 1. The molecule has 3 aromatic rings. The largest absolute Gasteiger partial charge is 0.450 e. The van der Waals surface area contributed by atoms with E-state index in [9.17, 15) is 14.4 Å². The minimum absolute atomic E-state index is 0.0804. The first kappa shape index (κ1) is 21.1. The summed E-state index contributed by atoms with van der Waals surface area (Å²) >= 11 is 0. The number of hydrogen-bond donors (Lipinski definition) is 1. The molecule has 1 atom stereocenters. The van der Waals surface area contributed by atoms with Crippen LogP contribution in [0, 0.1) is 0 Å². The second kappa shape index (κ2) is 9.33. The van der Waals surface area contributed by atoms with E-state index in [4.69, 9.17) is 4.74 Å². The van der Waals surface area contributed by atoms with Crippen molar-refractivity contribution in [2.75, 3.05) is 19.7 Å². The minimum atomic E-state index is -0.772. The lowest BCUT2D eigenvalue weighted by atomic mass is 10.2. The van der Waals surface area contributed by atoms with Gasteiger partial charge in [0.25, 0.3) is 11.5 Å². The van der Waals surface area contributed by atoms with Crippen molar-refractivity contribution in [2.45, 2.75) is 19.5 Å². The van der Waals surface area contributed by atoms with Crippen LogP contribution in [-0.2, 0) is 11.3 Å². The van der Waals surface area contributed by atoms with Crippen molar-refractivity contribution in [2.24, 2.45) is 0 Å². The maximum Gasteiger partial charge on any atom is 0.409 e. The number of fused-ring (bicyclic) bond motifs is 1. The molecule has 0 spiro atoms. The van der Waals surface area contributed by atoms with Gasteiger partial charge in [-0.05, 0) is 25.1 Å². The van der Waals surface area contributed by atoms with E-state index in [1.807, 2.05) is 0 Å². The Labute approximate surface area is 183 Å². The molecule has 164 valence electrons. The molecule has 2 amide bonds. The third kappa shape index (κ3) is 4.46. The normalized spacial score (nSPS) is 15.4. The summed E-state index contributed by atoms with van der Waals surface area (Å²) in [6.45, 7) is 2.45. The fraction of sp³-hybridized carbons (Fsp3) is 0.286. The van der Waals surface area contributed by atoms with Crippen LogP contribution in [0.25, 0.3) is 11.4 Å². The number of nitrogens with zero attached hydrogens (tertiary/aromatic N) is 6. The first-order chi connectivity index (χ1) is 15.6. The highest BCUT2D eigenvalue weighted by atomic mass is 16.6. The Morgan fingerprint density at radius 3 is 2.75 bits per heavy atom. The van der Waals surface area contributed by atoms with Gasteiger partial charge >= 0.3 is 6.09 Å². The summed E-state index contributed by atoms with van der Waals surface area (Å²) in [5, 5.41) is 2.86. The molecule has 4 heterocycles. The monoisotopic (exact) mass is 435 g/mol. The quantitative estimate of drug-likeness (QED) is 0.643. The number of carbonyl (C=O) groups is 2. The lowest BCUT2D eigenvalue weighted by molar-refractivity contribution is 0.0886. The number of amides is 2. The molecule has 32 heavy (non-hydrogen) atoms. The Balaban J connectivity index is 1.75. The van der Waals surface area contributed by atoms with Crippen LogP contribution in [-0.4, -0.2) is 61.1 Å². The maximum absolute atomic E-state index is 12.9. The zero-order valence-electron chi connectivity index (χ0n) is 17.3. The molecule has 0 fully saturated rings.